The normalized spacial score (nSPS) is 14.0. The number of nitrogens with two attached hydrogens (primary N) is 1. The van der Waals surface area contributed by atoms with Gasteiger partial charge in [0.15, 0.2) is 5.75 Å². The highest BCUT2D eigenvalue weighted by molar-refractivity contribution is 7.93. The topological polar surface area (TPSA) is 191 Å². The van der Waals surface area contributed by atoms with E-state index < -0.39 is 31.9 Å². The molecule has 3 aromatic carbocycles. The molecule has 1 fully saturated rings. The van der Waals surface area contributed by atoms with Crippen LogP contribution in [-0.2, 0) is 31.5 Å². The van der Waals surface area contributed by atoms with Crippen LogP contribution in [0.5, 0.6) is 5.75 Å². The molecule has 0 aromatic heterocycles. The number of ether oxygens (including phenoxy) is 1. The van der Waals surface area contributed by atoms with Crippen LogP contribution in [0.2, 0.25) is 0 Å². The van der Waals surface area contributed by atoms with Crippen molar-refractivity contribution >= 4 is 48.4 Å². The maximum absolute atomic E-state index is 13.1. The number of anilines is 1. The van der Waals surface area contributed by atoms with E-state index in [9.17, 15) is 26.7 Å². The van der Waals surface area contributed by atoms with Crippen molar-refractivity contribution in [3.63, 3.8) is 0 Å². The minimum absolute atomic E-state index is 0.0563. The smallest absolute Gasteiger partial charge is 0.320 e. The number of likely N-dealkylation sites (tertiary alicyclic amines) is 1. The Morgan fingerprint density at radius 1 is 1.05 bits per heavy atom. The van der Waals surface area contributed by atoms with Crippen LogP contribution in [0, 0.1) is 5.41 Å². The summed E-state index contributed by atoms with van der Waals surface area (Å²) in [7, 11) is -7.84. The summed E-state index contributed by atoms with van der Waals surface area (Å²) in [5, 5.41) is 18.6. The molecule has 1 heterocycles. The van der Waals surface area contributed by atoms with Gasteiger partial charge < -0.3 is 20.5 Å². The van der Waals surface area contributed by atoms with Gasteiger partial charge in [-0.25, -0.2) is 8.42 Å². The first-order chi connectivity index (χ1) is 20.0. The lowest BCUT2D eigenvalue weighted by molar-refractivity contribution is -0.134. The van der Waals surface area contributed by atoms with Crippen molar-refractivity contribution in [2.24, 2.45) is 5.73 Å². The molecule has 43 heavy (non-hydrogen) atoms. The fourth-order valence-electron chi connectivity index (χ4n) is 4.55. The molecule has 0 amide bonds. The average Bonchev–Trinajstić information content (AvgIpc) is 2.90. The zero-order valence-electron chi connectivity index (χ0n) is 23.9. The summed E-state index contributed by atoms with van der Waals surface area (Å²) in [6.45, 7) is 7.67. The minimum Gasteiger partial charge on any atom is -0.490 e. The van der Waals surface area contributed by atoms with Crippen LogP contribution in [0.1, 0.15) is 30.9 Å². The molecule has 5 N–H and O–H groups in total. The number of hydrogen-bond donors (Lipinski definition) is 4. The molecule has 3 aromatic rings. The molecule has 0 spiro atoms. The highest BCUT2D eigenvalue weighted by Gasteiger charge is 2.26. The standard InChI is InChI=1S/C28H32N4O5S.CH4O3S/c1-19(2)31-13-11-26(12-14-31)37-25-9-7-24(8-10-25)32(38(35,36)18-27(33)34)17-20-3-4-21-5-6-22(28(29)30)16-23(21)15-20;1-5(2,3)4/h3-10,15-16,26H,1,11-14,17-18H2,2H3,(H3,29,30)(H,33,34);1H3,(H,2,3,4). The Balaban J connectivity index is 0.000000934. The molecule has 0 radical (unpaired) electrons. The molecular weight excluding hydrogens is 596 g/mol. The van der Waals surface area contributed by atoms with Gasteiger partial charge >= 0.3 is 5.97 Å². The third kappa shape index (κ3) is 10.3. The Morgan fingerprint density at radius 3 is 2.16 bits per heavy atom. The lowest BCUT2D eigenvalue weighted by Gasteiger charge is -2.33. The van der Waals surface area contributed by atoms with Crippen LogP contribution in [0.15, 0.2) is 72.9 Å². The summed E-state index contributed by atoms with van der Waals surface area (Å²) in [5.41, 5.74) is 8.22. The van der Waals surface area contributed by atoms with Gasteiger partial charge in [0.1, 0.15) is 17.7 Å². The highest BCUT2D eigenvalue weighted by Crippen LogP contribution is 2.28. The Bertz CT molecular complexity index is 1690. The van der Waals surface area contributed by atoms with Gasteiger partial charge in [0.2, 0.25) is 10.0 Å². The SMILES string of the molecule is C=C(C)N1CCC(Oc2ccc(N(Cc3ccc4ccc(C(=N)N)cc4c3)S(=O)(=O)CC(=O)O)cc2)CC1.CS(=O)(=O)O. The first kappa shape index (κ1) is 33.4. The first-order valence-corrected chi connectivity index (χ1v) is 16.7. The molecule has 1 aliphatic heterocycles. The number of amidine groups is 1. The van der Waals surface area contributed by atoms with Crippen LogP contribution in [0.3, 0.4) is 0 Å². The van der Waals surface area contributed by atoms with E-state index in [-0.39, 0.29) is 18.5 Å². The molecule has 0 unspecified atom stereocenters. The molecule has 4 rings (SSSR count). The van der Waals surface area contributed by atoms with Crippen LogP contribution < -0.4 is 14.8 Å². The number of aliphatic carboxylic acids is 1. The second-order valence-electron chi connectivity index (χ2n) is 10.2. The molecular formula is C29H36N4O8S2. The van der Waals surface area contributed by atoms with Crippen molar-refractivity contribution in [2.45, 2.75) is 32.4 Å². The Kier molecular flexibility index (Phi) is 10.8. The number of allylic oxidation sites excluding steroid dienone is 1. The molecule has 1 saturated heterocycles. The summed E-state index contributed by atoms with van der Waals surface area (Å²) in [4.78, 5) is 13.6. The van der Waals surface area contributed by atoms with Crippen molar-refractivity contribution in [3.8, 4) is 5.75 Å². The minimum atomic E-state index is -4.18. The molecule has 14 heteroatoms. The summed E-state index contributed by atoms with van der Waals surface area (Å²) in [6.07, 6.45) is 2.50. The van der Waals surface area contributed by atoms with Crippen LogP contribution in [0.25, 0.3) is 10.8 Å². The Hall–Kier alpha value is -4.14. The lowest BCUT2D eigenvalue weighted by Crippen LogP contribution is -2.37. The molecule has 12 nitrogen and oxygen atoms in total. The Labute approximate surface area is 251 Å². The number of nitrogen functional groups attached to an aromatic ring is 1. The number of nitrogens with zero attached hydrogens (tertiary/aromatic N) is 2. The van der Waals surface area contributed by atoms with Crippen LogP contribution in [0.4, 0.5) is 5.69 Å². The molecule has 1 aliphatic rings. The monoisotopic (exact) mass is 632 g/mol. The number of benzene rings is 3. The number of rotatable bonds is 10. The number of carboxylic acid groups (broad SMARTS) is 1. The zero-order chi connectivity index (χ0) is 31.9. The van der Waals surface area contributed by atoms with Crippen molar-refractivity contribution in [3.05, 3.63) is 84.1 Å². The fourth-order valence-corrected chi connectivity index (χ4v) is 5.81. The number of sulfonamides is 1. The van der Waals surface area contributed by atoms with Crippen molar-refractivity contribution < 1.29 is 36.0 Å². The zero-order valence-corrected chi connectivity index (χ0v) is 25.6. The molecule has 0 saturated carbocycles. The third-order valence-corrected chi connectivity index (χ3v) is 8.22. The van der Waals surface area contributed by atoms with Gasteiger partial charge in [0, 0.05) is 37.2 Å². The van der Waals surface area contributed by atoms with Crippen molar-refractivity contribution in [1.82, 2.24) is 4.90 Å². The molecule has 0 atom stereocenters. The number of hydrogen-bond acceptors (Lipinski definition) is 8. The van der Waals surface area contributed by atoms with Crippen molar-refractivity contribution in [2.75, 3.05) is 29.4 Å². The van der Waals surface area contributed by atoms with Gasteiger partial charge in [0.05, 0.1) is 18.5 Å². The summed E-state index contributed by atoms with van der Waals surface area (Å²) in [6, 6.07) is 17.5. The number of fused-ring (bicyclic) bond motifs is 1. The van der Waals surface area contributed by atoms with Gasteiger partial charge in [-0.15, -0.1) is 0 Å². The van der Waals surface area contributed by atoms with E-state index in [1.807, 2.05) is 25.1 Å². The summed E-state index contributed by atoms with van der Waals surface area (Å²) >= 11 is 0. The van der Waals surface area contributed by atoms with E-state index in [2.05, 4.69) is 11.5 Å². The Morgan fingerprint density at radius 2 is 1.63 bits per heavy atom. The van der Waals surface area contributed by atoms with E-state index in [0.29, 0.717) is 28.8 Å². The van der Waals surface area contributed by atoms with Gasteiger partial charge in [-0.1, -0.05) is 30.8 Å². The third-order valence-electron chi connectivity index (χ3n) is 6.59. The second kappa shape index (κ2) is 13.9. The summed E-state index contributed by atoms with van der Waals surface area (Å²) < 4.78 is 59.3. The maximum atomic E-state index is 13.1. The van der Waals surface area contributed by atoms with Gasteiger partial charge in [-0.3, -0.25) is 19.1 Å². The van der Waals surface area contributed by atoms with E-state index in [1.165, 1.54) is 0 Å². The summed E-state index contributed by atoms with van der Waals surface area (Å²) in [5.74, 6) is -1.90. The van der Waals surface area contributed by atoms with Gasteiger partial charge in [-0.2, -0.15) is 8.42 Å². The van der Waals surface area contributed by atoms with E-state index in [4.69, 9.17) is 20.4 Å². The maximum Gasteiger partial charge on any atom is 0.320 e. The highest BCUT2D eigenvalue weighted by atomic mass is 32.2. The number of carboxylic acids is 1. The predicted molar refractivity (Wildman–Crippen MR) is 167 cm³/mol. The number of nitrogens with one attached hydrogen (secondary N) is 1. The second-order valence-corrected chi connectivity index (χ2v) is 13.6. The molecule has 232 valence electrons. The van der Waals surface area contributed by atoms with Crippen molar-refractivity contribution in [1.29, 1.82) is 5.41 Å². The van der Waals surface area contributed by atoms with Crippen LogP contribution >= 0.6 is 0 Å². The first-order valence-electron chi connectivity index (χ1n) is 13.2. The number of carbonyl (C=O) groups is 1. The predicted octanol–water partition coefficient (Wildman–Crippen LogP) is 3.43. The number of piperidine rings is 1. The molecule has 0 aliphatic carbocycles. The van der Waals surface area contributed by atoms with E-state index in [1.54, 1.807) is 42.5 Å². The van der Waals surface area contributed by atoms with Gasteiger partial charge in [-0.05, 0) is 59.7 Å². The van der Waals surface area contributed by atoms with E-state index >= 15 is 0 Å². The van der Waals surface area contributed by atoms with Gasteiger partial charge in [0.25, 0.3) is 10.1 Å². The average molecular weight is 633 g/mol. The van der Waals surface area contributed by atoms with E-state index in [0.717, 1.165) is 46.7 Å². The largest absolute Gasteiger partial charge is 0.490 e. The fraction of sp³-hybridized carbons (Fsp3) is 0.310. The lowest BCUT2D eigenvalue weighted by atomic mass is 10.0. The molecule has 0 bridgehead atoms. The van der Waals surface area contributed by atoms with Crippen LogP contribution in [-0.4, -0.2) is 74.4 Å². The quantitative estimate of drug-likeness (QED) is 0.146.